The van der Waals surface area contributed by atoms with Crippen LogP contribution in [0.3, 0.4) is 0 Å². The van der Waals surface area contributed by atoms with Crippen molar-refractivity contribution in [2.75, 3.05) is 14.2 Å². The zero-order valence-electron chi connectivity index (χ0n) is 13.4. The van der Waals surface area contributed by atoms with Crippen LogP contribution in [0.25, 0.3) is 11.1 Å². The average Bonchev–Trinajstić information content (AvgIpc) is 2.55. The lowest BCUT2D eigenvalue weighted by atomic mass is 10.0. The minimum atomic E-state index is -0.383. The van der Waals surface area contributed by atoms with E-state index in [0.29, 0.717) is 6.42 Å². The number of carbonyl (C=O) groups is 1. The number of hydrogen-bond donors (Lipinski definition) is 0. The van der Waals surface area contributed by atoms with Gasteiger partial charge in [0.15, 0.2) is 11.6 Å². The van der Waals surface area contributed by atoms with Crippen molar-refractivity contribution in [2.24, 2.45) is 0 Å². The molecule has 0 aliphatic carbocycles. The molecule has 0 aromatic heterocycles. The van der Waals surface area contributed by atoms with Gasteiger partial charge in [-0.1, -0.05) is 35.9 Å². The van der Waals surface area contributed by atoms with Crippen molar-refractivity contribution in [1.82, 2.24) is 0 Å². The van der Waals surface area contributed by atoms with Gasteiger partial charge < -0.3 is 9.47 Å². The van der Waals surface area contributed by atoms with Crippen molar-refractivity contribution >= 4 is 5.97 Å². The van der Waals surface area contributed by atoms with Crippen molar-refractivity contribution < 1.29 is 18.7 Å². The average molecular weight is 314 g/mol. The molecule has 0 saturated heterocycles. The van der Waals surface area contributed by atoms with E-state index in [0.717, 1.165) is 22.3 Å². The number of allylic oxidation sites excluding steroid dienone is 1. The summed E-state index contributed by atoms with van der Waals surface area (Å²) >= 11 is 0. The summed E-state index contributed by atoms with van der Waals surface area (Å²) < 4.78 is 23.3. The van der Waals surface area contributed by atoms with Crippen LogP contribution in [0.15, 0.2) is 54.1 Å². The molecule has 0 atom stereocenters. The van der Waals surface area contributed by atoms with Crippen LogP contribution in [-0.4, -0.2) is 20.2 Å². The van der Waals surface area contributed by atoms with Gasteiger partial charge in [0.25, 0.3) is 0 Å². The lowest BCUT2D eigenvalue weighted by molar-refractivity contribution is -0.134. The smallest absolute Gasteiger partial charge is 0.330 e. The molecule has 0 aliphatic heterocycles. The second-order valence-corrected chi connectivity index (χ2v) is 5.24. The van der Waals surface area contributed by atoms with Gasteiger partial charge in [-0.3, -0.25) is 0 Å². The van der Waals surface area contributed by atoms with E-state index in [1.165, 1.54) is 26.4 Å². The first-order valence-corrected chi connectivity index (χ1v) is 7.21. The van der Waals surface area contributed by atoms with Gasteiger partial charge in [0.1, 0.15) is 0 Å². The molecule has 0 N–H and O–H groups in total. The van der Waals surface area contributed by atoms with Crippen LogP contribution >= 0.6 is 0 Å². The van der Waals surface area contributed by atoms with Crippen molar-refractivity contribution in [2.45, 2.75) is 13.3 Å². The van der Waals surface area contributed by atoms with E-state index >= 15 is 0 Å². The van der Waals surface area contributed by atoms with E-state index in [2.05, 4.69) is 4.74 Å². The van der Waals surface area contributed by atoms with E-state index in [-0.39, 0.29) is 17.5 Å². The van der Waals surface area contributed by atoms with Gasteiger partial charge in [-0.2, -0.15) is 0 Å². The van der Waals surface area contributed by atoms with Crippen LogP contribution in [0.1, 0.15) is 12.5 Å². The third kappa shape index (κ3) is 4.42. The third-order valence-corrected chi connectivity index (χ3v) is 3.49. The number of benzene rings is 2. The Hall–Kier alpha value is -2.62. The summed E-state index contributed by atoms with van der Waals surface area (Å²) in [5, 5.41) is 0. The standard InChI is InChI=1S/C19H19FO3/c1-13(11-19(21)23-3)10-14-4-6-15(7-5-14)16-8-9-18(22-2)17(20)12-16/h4-9,11-12H,10H2,1-3H3/b13-11+. The Morgan fingerprint density at radius 3 is 2.30 bits per heavy atom. The molecule has 0 spiro atoms. The lowest BCUT2D eigenvalue weighted by Gasteiger charge is -2.07. The first kappa shape index (κ1) is 16.7. The van der Waals surface area contributed by atoms with E-state index in [1.54, 1.807) is 6.07 Å². The topological polar surface area (TPSA) is 35.5 Å². The van der Waals surface area contributed by atoms with Crippen molar-refractivity contribution in [3.63, 3.8) is 0 Å². The molecule has 0 fully saturated rings. The largest absolute Gasteiger partial charge is 0.494 e. The van der Waals surface area contributed by atoms with E-state index in [1.807, 2.05) is 37.3 Å². The minimum Gasteiger partial charge on any atom is -0.494 e. The van der Waals surface area contributed by atoms with Crippen LogP contribution in [0.2, 0.25) is 0 Å². The Balaban J connectivity index is 2.15. The van der Waals surface area contributed by atoms with Crippen LogP contribution in [0.5, 0.6) is 5.75 Å². The number of esters is 1. The highest BCUT2D eigenvalue weighted by Crippen LogP contribution is 2.26. The highest BCUT2D eigenvalue weighted by Gasteiger charge is 2.06. The number of hydrogen-bond acceptors (Lipinski definition) is 3. The predicted molar refractivity (Wildman–Crippen MR) is 87.9 cm³/mol. The van der Waals surface area contributed by atoms with Crippen LogP contribution in [0.4, 0.5) is 4.39 Å². The van der Waals surface area contributed by atoms with Crippen molar-refractivity contribution in [3.8, 4) is 16.9 Å². The van der Waals surface area contributed by atoms with E-state index < -0.39 is 0 Å². The minimum absolute atomic E-state index is 0.231. The summed E-state index contributed by atoms with van der Waals surface area (Å²) in [5.74, 6) is -0.507. The fourth-order valence-electron chi connectivity index (χ4n) is 2.29. The maximum absolute atomic E-state index is 13.8. The highest BCUT2D eigenvalue weighted by atomic mass is 19.1. The number of rotatable bonds is 5. The summed E-state index contributed by atoms with van der Waals surface area (Å²) in [6.45, 7) is 1.88. The molecule has 0 unspecified atom stereocenters. The fraction of sp³-hybridized carbons (Fsp3) is 0.211. The van der Waals surface area contributed by atoms with E-state index in [9.17, 15) is 9.18 Å². The highest BCUT2D eigenvalue weighted by molar-refractivity contribution is 5.82. The van der Waals surface area contributed by atoms with Gasteiger partial charge in [-0.15, -0.1) is 0 Å². The predicted octanol–water partition coefficient (Wildman–Crippen LogP) is 4.16. The van der Waals surface area contributed by atoms with Crippen molar-refractivity contribution in [3.05, 3.63) is 65.5 Å². The Morgan fingerprint density at radius 1 is 1.09 bits per heavy atom. The lowest BCUT2D eigenvalue weighted by Crippen LogP contribution is -1.97. The SMILES string of the molecule is COC(=O)/C=C(\C)Cc1ccc(-c2ccc(OC)c(F)c2)cc1. The van der Waals surface area contributed by atoms with E-state index in [4.69, 9.17) is 4.74 Å². The maximum atomic E-state index is 13.8. The molecule has 0 saturated carbocycles. The number of carbonyl (C=O) groups excluding carboxylic acids is 1. The Bertz CT molecular complexity index is 718. The first-order chi connectivity index (χ1) is 11.0. The van der Waals surface area contributed by atoms with Gasteiger partial charge in [-0.25, -0.2) is 9.18 Å². The molecule has 2 rings (SSSR count). The Morgan fingerprint density at radius 2 is 1.74 bits per heavy atom. The fourth-order valence-corrected chi connectivity index (χ4v) is 2.29. The summed E-state index contributed by atoms with van der Waals surface area (Å²) in [6, 6.07) is 12.7. The zero-order chi connectivity index (χ0) is 16.8. The summed E-state index contributed by atoms with van der Waals surface area (Å²) in [5.41, 5.74) is 3.70. The first-order valence-electron chi connectivity index (χ1n) is 7.21. The quantitative estimate of drug-likeness (QED) is 0.614. The molecule has 2 aromatic rings. The van der Waals surface area contributed by atoms with Gasteiger partial charge in [-0.05, 0) is 42.2 Å². The van der Waals surface area contributed by atoms with Gasteiger partial charge >= 0.3 is 5.97 Å². The van der Waals surface area contributed by atoms with Crippen molar-refractivity contribution in [1.29, 1.82) is 0 Å². The molecule has 23 heavy (non-hydrogen) atoms. The number of ether oxygens (including phenoxy) is 2. The van der Waals surface area contributed by atoms with Gasteiger partial charge in [0.2, 0.25) is 0 Å². The van der Waals surface area contributed by atoms with Crippen LogP contribution < -0.4 is 4.74 Å². The van der Waals surface area contributed by atoms with Gasteiger partial charge in [0, 0.05) is 6.08 Å². The molecular weight excluding hydrogens is 295 g/mol. The number of methoxy groups -OCH3 is 2. The Kier molecular flexibility index (Phi) is 5.52. The summed E-state index contributed by atoms with van der Waals surface area (Å²) in [6.07, 6.45) is 2.14. The molecule has 0 aliphatic rings. The number of halogens is 1. The molecule has 0 heterocycles. The monoisotopic (exact) mass is 314 g/mol. The third-order valence-electron chi connectivity index (χ3n) is 3.49. The second-order valence-electron chi connectivity index (χ2n) is 5.24. The summed E-state index contributed by atoms with van der Waals surface area (Å²) in [7, 11) is 2.80. The molecule has 0 amide bonds. The maximum Gasteiger partial charge on any atom is 0.330 e. The van der Waals surface area contributed by atoms with Crippen LogP contribution in [0, 0.1) is 5.82 Å². The zero-order valence-corrected chi connectivity index (χ0v) is 13.4. The summed E-state index contributed by atoms with van der Waals surface area (Å²) in [4.78, 5) is 11.2. The molecular formula is C19H19FO3. The molecule has 0 bridgehead atoms. The van der Waals surface area contributed by atoms with Crippen LogP contribution in [-0.2, 0) is 16.0 Å². The molecule has 4 heteroatoms. The molecule has 3 nitrogen and oxygen atoms in total. The molecule has 2 aromatic carbocycles. The molecule has 0 radical (unpaired) electrons. The Labute approximate surface area is 135 Å². The molecule has 120 valence electrons. The normalized spacial score (nSPS) is 11.2. The second kappa shape index (κ2) is 7.58. The van der Waals surface area contributed by atoms with Gasteiger partial charge in [0.05, 0.1) is 14.2 Å².